The van der Waals surface area contributed by atoms with E-state index in [-0.39, 0.29) is 16.6 Å². The zero-order valence-corrected chi connectivity index (χ0v) is 16.8. The highest BCUT2D eigenvalue weighted by atomic mass is 32.2. The smallest absolute Gasteiger partial charge is 0.293 e. The van der Waals surface area contributed by atoms with Gasteiger partial charge in [-0.3, -0.25) is 10.1 Å². The van der Waals surface area contributed by atoms with Crippen LogP contribution in [-0.2, 0) is 10.0 Å². The molecule has 2 fully saturated rings. The first-order valence-electron chi connectivity index (χ1n) is 9.65. The molecule has 3 rings (SSSR count). The molecule has 150 valence electrons. The third kappa shape index (κ3) is 4.41. The minimum absolute atomic E-state index is 0.00371. The molecule has 9 heteroatoms. The molecule has 0 aromatic heterocycles. The summed E-state index contributed by atoms with van der Waals surface area (Å²) in [6.45, 7) is 4.49. The van der Waals surface area contributed by atoms with Gasteiger partial charge in [-0.25, -0.2) is 8.42 Å². The molecule has 2 aliphatic rings. The molecule has 8 nitrogen and oxygen atoms in total. The number of nitrogens with one attached hydrogen (secondary N) is 2. The molecule has 1 aromatic rings. The lowest BCUT2D eigenvalue weighted by molar-refractivity contribution is -0.883. The van der Waals surface area contributed by atoms with E-state index in [1.807, 2.05) is 7.05 Å². The van der Waals surface area contributed by atoms with Gasteiger partial charge < -0.3 is 10.2 Å². The lowest BCUT2D eigenvalue weighted by Gasteiger charge is -2.30. The SMILES string of the molecule is C[C@H]1CCCC[C@H]1Nc1ccc(S(=O)(=O)N2CC[NH+](C)CC2)cc1[N+](=O)[O-]. The van der Waals surface area contributed by atoms with Crippen LogP contribution in [0.3, 0.4) is 0 Å². The minimum atomic E-state index is -3.71. The van der Waals surface area contributed by atoms with Gasteiger partial charge in [0.15, 0.2) is 0 Å². The van der Waals surface area contributed by atoms with Crippen LogP contribution in [0.15, 0.2) is 23.1 Å². The van der Waals surface area contributed by atoms with Gasteiger partial charge in [0.2, 0.25) is 10.0 Å². The van der Waals surface area contributed by atoms with Gasteiger partial charge in [-0.1, -0.05) is 19.8 Å². The van der Waals surface area contributed by atoms with E-state index in [1.165, 1.54) is 27.8 Å². The van der Waals surface area contributed by atoms with Gasteiger partial charge in [-0.2, -0.15) is 4.31 Å². The fraction of sp³-hybridized carbons (Fsp3) is 0.667. The molecular weight excluding hydrogens is 368 g/mol. The second-order valence-corrected chi connectivity index (χ2v) is 9.75. The zero-order chi connectivity index (χ0) is 19.6. The average molecular weight is 398 g/mol. The van der Waals surface area contributed by atoms with Crippen LogP contribution in [0.5, 0.6) is 0 Å². The van der Waals surface area contributed by atoms with Gasteiger partial charge in [-0.15, -0.1) is 0 Å². The minimum Gasteiger partial charge on any atom is -0.376 e. The summed E-state index contributed by atoms with van der Waals surface area (Å²) in [5, 5.41) is 14.9. The number of anilines is 1. The number of benzene rings is 1. The molecule has 1 aromatic carbocycles. The number of piperazine rings is 1. The second kappa shape index (κ2) is 8.12. The summed E-state index contributed by atoms with van der Waals surface area (Å²) in [7, 11) is -1.69. The van der Waals surface area contributed by atoms with Crippen molar-refractivity contribution in [2.75, 3.05) is 38.5 Å². The predicted octanol–water partition coefficient (Wildman–Crippen LogP) is 1.10. The molecular formula is C18H29N4O4S+. The fourth-order valence-electron chi connectivity index (χ4n) is 3.93. The highest BCUT2D eigenvalue weighted by Gasteiger charge is 2.31. The van der Waals surface area contributed by atoms with Gasteiger partial charge in [0, 0.05) is 12.1 Å². The van der Waals surface area contributed by atoms with Crippen molar-refractivity contribution in [1.29, 1.82) is 0 Å². The van der Waals surface area contributed by atoms with Crippen molar-refractivity contribution in [3.8, 4) is 0 Å². The predicted molar refractivity (Wildman–Crippen MR) is 104 cm³/mol. The number of rotatable bonds is 5. The Labute approximate surface area is 160 Å². The summed E-state index contributed by atoms with van der Waals surface area (Å²) in [6.07, 6.45) is 4.37. The topological polar surface area (TPSA) is 97.0 Å². The molecule has 2 N–H and O–H groups in total. The van der Waals surface area contributed by atoms with Crippen LogP contribution in [0.4, 0.5) is 11.4 Å². The summed E-state index contributed by atoms with van der Waals surface area (Å²) < 4.78 is 27.2. The molecule has 1 heterocycles. The van der Waals surface area contributed by atoms with E-state index in [0.717, 1.165) is 32.4 Å². The molecule has 0 bridgehead atoms. The third-order valence-corrected chi connectivity index (χ3v) is 7.73. The van der Waals surface area contributed by atoms with Crippen molar-refractivity contribution in [1.82, 2.24) is 4.31 Å². The van der Waals surface area contributed by atoms with E-state index in [9.17, 15) is 18.5 Å². The summed E-state index contributed by atoms with van der Waals surface area (Å²) >= 11 is 0. The molecule has 0 spiro atoms. The molecule has 1 saturated carbocycles. The maximum atomic E-state index is 12.9. The van der Waals surface area contributed by atoms with Crippen LogP contribution in [0, 0.1) is 16.0 Å². The zero-order valence-electron chi connectivity index (χ0n) is 16.0. The number of nitro benzene ring substituents is 1. The van der Waals surface area contributed by atoms with Crippen LogP contribution in [0.25, 0.3) is 0 Å². The molecule has 1 aliphatic heterocycles. The number of hydrogen-bond donors (Lipinski definition) is 2. The lowest BCUT2D eigenvalue weighted by atomic mass is 9.86. The van der Waals surface area contributed by atoms with Crippen LogP contribution in [0.2, 0.25) is 0 Å². The summed E-state index contributed by atoms with van der Waals surface area (Å²) in [5.41, 5.74) is 0.231. The average Bonchev–Trinajstić information content (AvgIpc) is 2.64. The Bertz CT molecular complexity index is 791. The molecule has 1 saturated heterocycles. The van der Waals surface area contributed by atoms with Gasteiger partial charge in [0.25, 0.3) is 5.69 Å². The van der Waals surface area contributed by atoms with Gasteiger partial charge in [0.1, 0.15) is 5.69 Å². The first-order valence-corrected chi connectivity index (χ1v) is 11.1. The molecule has 0 unspecified atom stereocenters. The summed E-state index contributed by atoms with van der Waals surface area (Å²) in [5.74, 6) is 0.439. The largest absolute Gasteiger partial charge is 0.376 e. The number of quaternary nitrogens is 1. The van der Waals surface area contributed by atoms with Gasteiger partial charge >= 0.3 is 0 Å². The Kier molecular flexibility index (Phi) is 6.02. The lowest BCUT2D eigenvalue weighted by Crippen LogP contribution is -3.12. The Hall–Kier alpha value is -1.71. The van der Waals surface area contributed by atoms with Crippen LogP contribution in [0.1, 0.15) is 32.6 Å². The van der Waals surface area contributed by atoms with E-state index >= 15 is 0 Å². The normalized spacial score (nSPS) is 25.3. The van der Waals surface area contributed by atoms with Gasteiger partial charge in [0.05, 0.1) is 43.0 Å². The van der Waals surface area contributed by atoms with Crippen molar-refractivity contribution < 1.29 is 18.2 Å². The van der Waals surface area contributed by atoms with E-state index in [0.29, 0.717) is 24.7 Å². The molecule has 0 amide bonds. The van der Waals surface area contributed by atoms with E-state index in [2.05, 4.69) is 12.2 Å². The Morgan fingerprint density at radius 2 is 1.89 bits per heavy atom. The summed E-state index contributed by atoms with van der Waals surface area (Å²) in [4.78, 5) is 12.4. The number of nitro groups is 1. The highest BCUT2D eigenvalue weighted by molar-refractivity contribution is 7.89. The monoisotopic (exact) mass is 397 g/mol. The molecule has 27 heavy (non-hydrogen) atoms. The van der Waals surface area contributed by atoms with Crippen LogP contribution < -0.4 is 10.2 Å². The Morgan fingerprint density at radius 3 is 2.52 bits per heavy atom. The van der Waals surface area contributed by atoms with Crippen molar-refractivity contribution in [2.45, 2.75) is 43.5 Å². The first-order chi connectivity index (χ1) is 12.8. The molecule has 2 atom stereocenters. The van der Waals surface area contributed by atoms with E-state index in [1.54, 1.807) is 6.07 Å². The van der Waals surface area contributed by atoms with Crippen molar-refractivity contribution in [3.05, 3.63) is 28.3 Å². The number of nitrogens with zero attached hydrogens (tertiary/aromatic N) is 2. The van der Waals surface area contributed by atoms with E-state index < -0.39 is 14.9 Å². The van der Waals surface area contributed by atoms with Crippen LogP contribution >= 0.6 is 0 Å². The van der Waals surface area contributed by atoms with Gasteiger partial charge in [-0.05, 0) is 30.9 Å². The Morgan fingerprint density at radius 1 is 1.22 bits per heavy atom. The number of hydrogen-bond acceptors (Lipinski definition) is 5. The van der Waals surface area contributed by atoms with E-state index in [4.69, 9.17) is 0 Å². The van der Waals surface area contributed by atoms with Crippen molar-refractivity contribution >= 4 is 21.4 Å². The maximum absolute atomic E-state index is 12.9. The third-order valence-electron chi connectivity index (χ3n) is 5.83. The standard InChI is InChI=1S/C18H28N4O4S/c1-14-5-3-4-6-16(14)19-17-8-7-15(13-18(17)22(23)24)27(25,26)21-11-9-20(2)10-12-21/h7-8,13-14,16,19H,3-6,9-12H2,1-2H3/p+1/t14-,16+/m0/s1. The first kappa shape index (κ1) is 20.0. The fourth-order valence-corrected chi connectivity index (χ4v) is 5.39. The molecule has 0 radical (unpaired) electrons. The number of likely N-dealkylation sites (N-methyl/N-ethyl adjacent to an activating group) is 1. The Balaban J connectivity index is 1.86. The highest BCUT2D eigenvalue weighted by Crippen LogP contribution is 2.33. The summed E-state index contributed by atoms with van der Waals surface area (Å²) in [6, 6.07) is 4.42. The van der Waals surface area contributed by atoms with Crippen molar-refractivity contribution in [2.24, 2.45) is 5.92 Å². The maximum Gasteiger partial charge on any atom is 0.293 e. The second-order valence-electron chi connectivity index (χ2n) is 7.81. The van der Waals surface area contributed by atoms with Crippen molar-refractivity contribution in [3.63, 3.8) is 0 Å². The molecule has 1 aliphatic carbocycles. The van der Waals surface area contributed by atoms with Crippen LogP contribution in [-0.4, -0.2) is 56.9 Å². The quantitative estimate of drug-likeness (QED) is 0.573. The number of sulfonamides is 1.